The summed E-state index contributed by atoms with van der Waals surface area (Å²) in [5, 5.41) is 13.5. The molecular formula is C23H18N2O3S. The molecule has 0 spiro atoms. The van der Waals surface area contributed by atoms with Crippen LogP contribution in [0.2, 0.25) is 0 Å². The number of fused-ring (bicyclic) bond motifs is 1. The number of aryl methyl sites for hydroxylation is 1. The van der Waals surface area contributed by atoms with Crippen molar-refractivity contribution in [1.29, 1.82) is 0 Å². The lowest BCUT2D eigenvalue weighted by atomic mass is 9.88. The highest BCUT2D eigenvalue weighted by atomic mass is 32.1. The molecule has 1 amide bonds. The van der Waals surface area contributed by atoms with Gasteiger partial charge in [-0.1, -0.05) is 54.6 Å². The van der Waals surface area contributed by atoms with E-state index < -0.39 is 5.60 Å². The molecule has 0 unspecified atom stereocenters. The van der Waals surface area contributed by atoms with E-state index in [9.17, 15) is 9.90 Å². The highest BCUT2D eigenvalue weighted by molar-refractivity contribution is 7.13. The molecule has 0 fully saturated rings. The van der Waals surface area contributed by atoms with Crippen molar-refractivity contribution in [3.05, 3.63) is 94.7 Å². The molecular weight excluding hydrogens is 384 g/mol. The summed E-state index contributed by atoms with van der Waals surface area (Å²) in [5.41, 5.74) is 0.774. The molecule has 0 bridgehead atoms. The van der Waals surface area contributed by atoms with Crippen molar-refractivity contribution in [1.82, 2.24) is 4.98 Å². The number of carbonyl (C=O) groups excluding carboxylic acids is 1. The van der Waals surface area contributed by atoms with Gasteiger partial charge in [0.15, 0.2) is 5.60 Å². The maximum atomic E-state index is 13.5. The molecule has 2 aromatic carbocycles. The molecule has 0 saturated heterocycles. The van der Waals surface area contributed by atoms with E-state index in [1.54, 1.807) is 34.4 Å². The number of anilines is 1. The van der Waals surface area contributed by atoms with Crippen LogP contribution in [0.1, 0.15) is 22.6 Å². The van der Waals surface area contributed by atoms with Gasteiger partial charge in [0, 0.05) is 5.56 Å². The van der Waals surface area contributed by atoms with Gasteiger partial charge in [0.05, 0.1) is 17.1 Å². The van der Waals surface area contributed by atoms with Gasteiger partial charge in [-0.25, -0.2) is 4.98 Å². The van der Waals surface area contributed by atoms with Crippen molar-refractivity contribution in [3.63, 3.8) is 0 Å². The molecule has 0 radical (unpaired) electrons. The van der Waals surface area contributed by atoms with E-state index in [4.69, 9.17) is 4.42 Å². The molecule has 144 valence electrons. The number of thiophene rings is 1. The first-order valence-electron chi connectivity index (χ1n) is 9.28. The Morgan fingerprint density at radius 3 is 2.59 bits per heavy atom. The first-order valence-corrected chi connectivity index (χ1v) is 10.2. The zero-order valence-corrected chi connectivity index (χ0v) is 16.5. The largest absolute Gasteiger partial charge is 0.440 e. The minimum atomic E-state index is -1.72. The molecule has 2 aromatic heterocycles. The van der Waals surface area contributed by atoms with E-state index in [1.807, 2.05) is 60.8 Å². The standard InChI is InChI=1S/C23H18N2O3S/c1-15-18(24-21(28-15)20-12-7-13-29-20)14-25-19-11-6-5-10-17(19)23(27,22(25)26)16-8-3-2-4-9-16/h2-13,27H,14H2,1H3/t23-/m1/s1. The number of hydrogen-bond donors (Lipinski definition) is 1. The number of oxazole rings is 1. The summed E-state index contributed by atoms with van der Waals surface area (Å²) in [5.74, 6) is 0.824. The average molecular weight is 402 g/mol. The Morgan fingerprint density at radius 2 is 1.83 bits per heavy atom. The highest BCUT2D eigenvalue weighted by Crippen LogP contribution is 2.45. The predicted molar refractivity (Wildman–Crippen MR) is 112 cm³/mol. The second-order valence-electron chi connectivity index (χ2n) is 6.98. The zero-order valence-electron chi connectivity index (χ0n) is 15.7. The Balaban J connectivity index is 1.56. The molecule has 6 heteroatoms. The summed E-state index contributed by atoms with van der Waals surface area (Å²) >= 11 is 1.55. The Morgan fingerprint density at radius 1 is 1.07 bits per heavy atom. The number of para-hydroxylation sites is 1. The van der Waals surface area contributed by atoms with E-state index in [0.29, 0.717) is 34.2 Å². The smallest absolute Gasteiger partial charge is 0.268 e. The number of benzene rings is 2. The third kappa shape index (κ3) is 2.72. The van der Waals surface area contributed by atoms with Crippen molar-refractivity contribution in [2.45, 2.75) is 19.1 Å². The normalized spacial score (nSPS) is 18.3. The quantitative estimate of drug-likeness (QED) is 0.546. The van der Waals surface area contributed by atoms with Crippen molar-refractivity contribution in [3.8, 4) is 10.8 Å². The van der Waals surface area contributed by atoms with Gasteiger partial charge in [-0.3, -0.25) is 4.79 Å². The van der Waals surface area contributed by atoms with Gasteiger partial charge in [-0.15, -0.1) is 11.3 Å². The molecule has 29 heavy (non-hydrogen) atoms. The fourth-order valence-corrected chi connectivity index (χ4v) is 4.43. The Hall–Kier alpha value is -3.22. The van der Waals surface area contributed by atoms with E-state index in [-0.39, 0.29) is 12.5 Å². The Kier molecular flexibility index (Phi) is 4.12. The molecule has 0 saturated carbocycles. The molecule has 1 aliphatic rings. The maximum Gasteiger partial charge on any atom is 0.268 e. The van der Waals surface area contributed by atoms with Crippen LogP contribution in [-0.2, 0) is 16.9 Å². The second-order valence-corrected chi connectivity index (χ2v) is 7.93. The lowest BCUT2D eigenvalue weighted by Crippen LogP contribution is -2.41. The third-order valence-electron chi connectivity index (χ3n) is 5.26. The SMILES string of the molecule is Cc1oc(-c2cccs2)nc1CN1C(=O)[C@@](O)(c2ccccc2)c2ccccc21. The summed E-state index contributed by atoms with van der Waals surface area (Å²) in [4.78, 5) is 20.6. The summed E-state index contributed by atoms with van der Waals surface area (Å²) in [6.45, 7) is 2.07. The highest BCUT2D eigenvalue weighted by Gasteiger charge is 2.51. The van der Waals surface area contributed by atoms with Crippen LogP contribution < -0.4 is 4.90 Å². The van der Waals surface area contributed by atoms with Crippen molar-refractivity contribution >= 4 is 22.9 Å². The van der Waals surface area contributed by atoms with Gasteiger partial charge in [-0.05, 0) is 30.0 Å². The molecule has 1 atom stereocenters. The zero-order chi connectivity index (χ0) is 20.0. The van der Waals surface area contributed by atoms with Gasteiger partial charge in [0.1, 0.15) is 11.5 Å². The number of amides is 1. The van der Waals surface area contributed by atoms with Gasteiger partial charge < -0.3 is 14.4 Å². The number of nitrogens with zero attached hydrogens (tertiary/aromatic N) is 2. The number of hydrogen-bond acceptors (Lipinski definition) is 5. The van der Waals surface area contributed by atoms with Crippen molar-refractivity contribution in [2.75, 3.05) is 4.90 Å². The molecule has 1 N–H and O–H groups in total. The van der Waals surface area contributed by atoms with E-state index in [0.717, 1.165) is 4.88 Å². The summed E-state index contributed by atoms with van der Waals surface area (Å²) in [6.07, 6.45) is 0. The molecule has 1 aliphatic heterocycles. The van der Waals surface area contributed by atoms with Crippen LogP contribution in [0, 0.1) is 6.92 Å². The molecule has 0 aliphatic carbocycles. The monoisotopic (exact) mass is 402 g/mol. The minimum Gasteiger partial charge on any atom is -0.440 e. The number of rotatable bonds is 4. The van der Waals surface area contributed by atoms with E-state index >= 15 is 0 Å². The minimum absolute atomic E-state index is 0.228. The van der Waals surface area contributed by atoms with Crippen molar-refractivity contribution in [2.24, 2.45) is 0 Å². The molecule has 4 aromatic rings. The average Bonchev–Trinajstić information content (AvgIpc) is 3.45. The Bertz CT molecular complexity index is 1180. The third-order valence-corrected chi connectivity index (χ3v) is 6.12. The lowest BCUT2D eigenvalue weighted by Gasteiger charge is -2.23. The summed E-state index contributed by atoms with van der Waals surface area (Å²) in [6, 6.07) is 20.3. The van der Waals surface area contributed by atoms with E-state index in [2.05, 4.69) is 4.98 Å². The first kappa shape index (κ1) is 17.8. The van der Waals surface area contributed by atoms with Crippen molar-refractivity contribution < 1.29 is 14.3 Å². The fourth-order valence-electron chi connectivity index (χ4n) is 3.78. The van der Waals surface area contributed by atoms with Crippen LogP contribution in [0.15, 0.2) is 76.5 Å². The molecule has 3 heterocycles. The van der Waals surface area contributed by atoms with Gasteiger partial charge in [0.25, 0.3) is 5.91 Å². The van der Waals surface area contributed by atoms with Crippen LogP contribution in [0.3, 0.4) is 0 Å². The van der Waals surface area contributed by atoms with Crippen LogP contribution in [0.5, 0.6) is 0 Å². The summed E-state index contributed by atoms with van der Waals surface area (Å²) < 4.78 is 5.83. The fraction of sp³-hybridized carbons (Fsp3) is 0.130. The van der Waals surface area contributed by atoms with Gasteiger partial charge in [0.2, 0.25) is 5.89 Å². The number of carbonyl (C=O) groups is 1. The van der Waals surface area contributed by atoms with Crippen LogP contribution in [0.4, 0.5) is 5.69 Å². The van der Waals surface area contributed by atoms with Gasteiger partial charge >= 0.3 is 0 Å². The van der Waals surface area contributed by atoms with E-state index in [1.165, 1.54) is 0 Å². The maximum absolute atomic E-state index is 13.5. The first-order chi connectivity index (χ1) is 14.1. The Labute approximate surface area is 171 Å². The number of aromatic nitrogens is 1. The van der Waals surface area contributed by atoms with Crippen LogP contribution >= 0.6 is 11.3 Å². The van der Waals surface area contributed by atoms with Gasteiger partial charge in [-0.2, -0.15) is 0 Å². The topological polar surface area (TPSA) is 66.6 Å². The molecule has 5 rings (SSSR count). The second kappa shape index (κ2) is 6.69. The lowest BCUT2D eigenvalue weighted by molar-refractivity contribution is -0.132. The van der Waals surface area contributed by atoms with Crippen LogP contribution in [0.25, 0.3) is 10.8 Å². The predicted octanol–water partition coefficient (Wildman–Crippen LogP) is 4.49. The molecule has 5 nitrogen and oxygen atoms in total. The van der Waals surface area contributed by atoms with Crippen LogP contribution in [-0.4, -0.2) is 16.0 Å². The number of aliphatic hydroxyl groups is 1. The summed E-state index contributed by atoms with van der Waals surface area (Å²) in [7, 11) is 0.